The van der Waals surface area contributed by atoms with Crippen LogP contribution in [0.5, 0.6) is 0 Å². The molecule has 1 saturated carbocycles. The first-order chi connectivity index (χ1) is 7.75. The number of hydrogen-bond donors (Lipinski definition) is 1. The van der Waals surface area contributed by atoms with E-state index in [-0.39, 0.29) is 6.10 Å². The van der Waals surface area contributed by atoms with E-state index >= 15 is 0 Å². The Labute approximate surface area is 94.7 Å². The van der Waals surface area contributed by atoms with Gasteiger partial charge in [0.2, 0.25) is 0 Å². The fraction of sp³-hybridized carbons (Fsp3) is 0.462. The van der Waals surface area contributed by atoms with Gasteiger partial charge in [0.05, 0.1) is 17.1 Å². The van der Waals surface area contributed by atoms with E-state index in [0.717, 1.165) is 16.9 Å². The lowest BCUT2D eigenvalue weighted by molar-refractivity contribution is 0.148. The largest absolute Gasteiger partial charge is 0.392 e. The van der Waals surface area contributed by atoms with Crippen LogP contribution in [0, 0.1) is 5.92 Å². The van der Waals surface area contributed by atoms with E-state index in [2.05, 4.69) is 15.6 Å². The van der Waals surface area contributed by atoms with Crippen molar-refractivity contribution in [1.29, 1.82) is 0 Å². The monoisotopic (exact) mass is 216 g/mol. The molecule has 0 aliphatic heterocycles. The van der Waals surface area contributed by atoms with Crippen molar-refractivity contribution in [2.24, 2.45) is 13.0 Å². The van der Waals surface area contributed by atoms with E-state index in [9.17, 15) is 5.11 Å². The van der Waals surface area contributed by atoms with Crippen LogP contribution in [0.15, 0.2) is 24.3 Å². The maximum Gasteiger partial charge on any atom is 0.112 e. The number of aromatic nitrogens is 2. The highest BCUT2D eigenvalue weighted by molar-refractivity contribution is 5.75. The molecule has 84 valence electrons. The Hall–Kier alpha value is -1.35. The molecule has 1 unspecified atom stereocenters. The van der Waals surface area contributed by atoms with Gasteiger partial charge in [-0.05, 0) is 30.9 Å². The minimum absolute atomic E-state index is 0.212. The molecular weight excluding hydrogens is 200 g/mol. The van der Waals surface area contributed by atoms with Crippen LogP contribution in [0.3, 0.4) is 0 Å². The van der Waals surface area contributed by atoms with Crippen molar-refractivity contribution in [2.45, 2.75) is 25.4 Å². The third kappa shape index (κ3) is 1.61. The second-order valence-electron chi connectivity index (χ2n) is 4.68. The number of fused-ring (bicyclic) bond motifs is 1. The van der Waals surface area contributed by atoms with Gasteiger partial charge in [0.15, 0.2) is 0 Å². The van der Waals surface area contributed by atoms with Crippen LogP contribution in [0.25, 0.3) is 11.0 Å². The Kier molecular flexibility index (Phi) is 2.21. The van der Waals surface area contributed by atoms with E-state index in [1.165, 1.54) is 12.8 Å². The molecule has 1 aromatic heterocycles. The van der Waals surface area contributed by atoms with Crippen LogP contribution < -0.4 is 0 Å². The van der Waals surface area contributed by atoms with Gasteiger partial charge in [-0.3, -0.25) is 0 Å². The Morgan fingerprint density at radius 3 is 2.88 bits per heavy atom. The molecule has 0 radical (unpaired) electrons. The molecule has 1 aliphatic rings. The zero-order chi connectivity index (χ0) is 11.1. The fourth-order valence-corrected chi connectivity index (χ4v) is 2.21. The van der Waals surface area contributed by atoms with E-state index in [0.29, 0.717) is 12.3 Å². The average molecular weight is 216 g/mol. The first-order valence-corrected chi connectivity index (χ1v) is 5.84. The van der Waals surface area contributed by atoms with Crippen LogP contribution in [-0.4, -0.2) is 20.8 Å². The normalized spacial score (nSPS) is 17.9. The molecule has 1 heterocycles. The summed E-state index contributed by atoms with van der Waals surface area (Å²) < 4.78 is 2.08. The molecule has 16 heavy (non-hydrogen) atoms. The predicted molar refractivity (Wildman–Crippen MR) is 63.1 cm³/mol. The highest BCUT2D eigenvalue weighted by Crippen LogP contribution is 2.34. The van der Waals surface area contributed by atoms with E-state index in [1.54, 1.807) is 0 Å². The van der Waals surface area contributed by atoms with Gasteiger partial charge in [0, 0.05) is 13.5 Å². The second kappa shape index (κ2) is 3.59. The minimum Gasteiger partial charge on any atom is -0.392 e. The van der Waals surface area contributed by atoms with Crippen molar-refractivity contribution in [1.82, 2.24) is 9.55 Å². The van der Waals surface area contributed by atoms with Gasteiger partial charge < -0.3 is 9.67 Å². The highest BCUT2D eigenvalue weighted by Gasteiger charge is 2.30. The summed E-state index contributed by atoms with van der Waals surface area (Å²) in [6, 6.07) is 8.10. The van der Waals surface area contributed by atoms with Gasteiger partial charge in [-0.15, -0.1) is 0 Å². The van der Waals surface area contributed by atoms with Crippen LogP contribution in [0.2, 0.25) is 0 Å². The zero-order valence-electron chi connectivity index (χ0n) is 9.43. The average Bonchev–Trinajstić information content (AvgIpc) is 3.08. The molecule has 1 aliphatic carbocycles. The summed E-state index contributed by atoms with van der Waals surface area (Å²) in [6.07, 6.45) is 2.81. The summed E-state index contributed by atoms with van der Waals surface area (Å²) in [4.78, 5) is 4.57. The fourth-order valence-electron chi connectivity index (χ4n) is 2.21. The van der Waals surface area contributed by atoms with E-state index in [4.69, 9.17) is 0 Å². The van der Waals surface area contributed by atoms with Gasteiger partial charge in [-0.25, -0.2) is 4.98 Å². The lowest BCUT2D eigenvalue weighted by atomic mass is 10.1. The summed E-state index contributed by atoms with van der Waals surface area (Å²) in [7, 11) is 2.02. The van der Waals surface area contributed by atoms with Gasteiger partial charge in [-0.1, -0.05) is 12.1 Å². The molecule has 3 rings (SSSR count). The van der Waals surface area contributed by atoms with Crippen LogP contribution >= 0.6 is 0 Å². The van der Waals surface area contributed by atoms with Crippen molar-refractivity contribution in [3.8, 4) is 0 Å². The summed E-state index contributed by atoms with van der Waals surface area (Å²) in [5.74, 6) is 1.50. The number of nitrogens with zero attached hydrogens (tertiary/aromatic N) is 2. The number of hydrogen-bond acceptors (Lipinski definition) is 2. The quantitative estimate of drug-likeness (QED) is 0.850. The maximum absolute atomic E-state index is 9.94. The van der Waals surface area contributed by atoms with Crippen molar-refractivity contribution < 1.29 is 5.11 Å². The maximum atomic E-state index is 9.94. The smallest absolute Gasteiger partial charge is 0.112 e. The molecule has 1 atom stereocenters. The summed E-state index contributed by atoms with van der Waals surface area (Å²) >= 11 is 0. The number of aliphatic hydroxyl groups excluding tert-OH is 1. The number of aliphatic hydroxyl groups is 1. The summed E-state index contributed by atoms with van der Waals surface area (Å²) in [5, 5.41) is 9.94. The molecule has 2 aromatic rings. The number of aryl methyl sites for hydroxylation is 1. The van der Waals surface area contributed by atoms with Crippen molar-refractivity contribution >= 4 is 11.0 Å². The summed E-state index contributed by atoms with van der Waals surface area (Å²) in [6.45, 7) is 0. The first-order valence-electron chi connectivity index (χ1n) is 5.84. The molecular formula is C13H16N2O. The third-order valence-electron chi connectivity index (χ3n) is 3.44. The van der Waals surface area contributed by atoms with Gasteiger partial charge in [0.1, 0.15) is 5.82 Å². The molecule has 0 saturated heterocycles. The van der Waals surface area contributed by atoms with Gasteiger partial charge in [0.25, 0.3) is 0 Å². The molecule has 0 amide bonds. The predicted octanol–water partition coefficient (Wildman–Crippen LogP) is 1.89. The highest BCUT2D eigenvalue weighted by atomic mass is 16.3. The van der Waals surface area contributed by atoms with Crippen LogP contribution in [0.4, 0.5) is 0 Å². The van der Waals surface area contributed by atoms with Crippen molar-refractivity contribution in [3.63, 3.8) is 0 Å². The van der Waals surface area contributed by atoms with Gasteiger partial charge >= 0.3 is 0 Å². The third-order valence-corrected chi connectivity index (χ3v) is 3.44. The number of para-hydroxylation sites is 2. The lowest BCUT2D eigenvalue weighted by Crippen LogP contribution is -2.15. The van der Waals surface area contributed by atoms with Gasteiger partial charge in [-0.2, -0.15) is 0 Å². The van der Waals surface area contributed by atoms with Crippen molar-refractivity contribution in [2.75, 3.05) is 0 Å². The van der Waals surface area contributed by atoms with Crippen LogP contribution in [-0.2, 0) is 13.5 Å². The molecule has 1 N–H and O–H groups in total. The molecule has 0 bridgehead atoms. The number of rotatable bonds is 3. The second-order valence-corrected chi connectivity index (χ2v) is 4.68. The van der Waals surface area contributed by atoms with E-state index < -0.39 is 0 Å². The van der Waals surface area contributed by atoms with Crippen LogP contribution in [0.1, 0.15) is 18.7 Å². The zero-order valence-corrected chi connectivity index (χ0v) is 9.43. The molecule has 3 heteroatoms. The minimum atomic E-state index is -0.212. The first kappa shape index (κ1) is 9.85. The molecule has 3 nitrogen and oxygen atoms in total. The topological polar surface area (TPSA) is 38.0 Å². The Bertz CT molecular complexity index is 514. The Morgan fingerprint density at radius 2 is 2.19 bits per heavy atom. The molecule has 0 spiro atoms. The molecule has 1 fully saturated rings. The summed E-state index contributed by atoms with van der Waals surface area (Å²) in [5.41, 5.74) is 2.16. The number of benzene rings is 1. The standard InChI is InChI=1S/C13H16N2O/c1-15-11-5-3-2-4-10(11)14-13(15)8-12(16)9-6-7-9/h2-5,9,12,16H,6-8H2,1H3. The van der Waals surface area contributed by atoms with E-state index in [1.807, 2.05) is 25.2 Å². The SMILES string of the molecule is Cn1c(CC(O)C2CC2)nc2ccccc21. The number of imidazole rings is 1. The molecule has 1 aromatic carbocycles. The van der Waals surface area contributed by atoms with Crippen molar-refractivity contribution in [3.05, 3.63) is 30.1 Å². The Morgan fingerprint density at radius 1 is 1.44 bits per heavy atom. The Balaban J connectivity index is 1.93. The lowest BCUT2D eigenvalue weighted by Gasteiger charge is -2.08.